The molecule has 182 valence electrons. The van der Waals surface area contributed by atoms with E-state index in [9.17, 15) is 9.59 Å². The third kappa shape index (κ3) is 6.59. The third-order valence-electron chi connectivity index (χ3n) is 6.22. The van der Waals surface area contributed by atoms with Gasteiger partial charge in [-0.25, -0.2) is 4.98 Å². The van der Waals surface area contributed by atoms with E-state index in [-0.39, 0.29) is 24.3 Å². The first-order valence-electron chi connectivity index (χ1n) is 12.2. The van der Waals surface area contributed by atoms with Gasteiger partial charge in [0.25, 0.3) is 5.91 Å². The van der Waals surface area contributed by atoms with E-state index in [0.717, 1.165) is 30.8 Å². The van der Waals surface area contributed by atoms with Gasteiger partial charge in [0, 0.05) is 26.2 Å². The summed E-state index contributed by atoms with van der Waals surface area (Å²) in [5.74, 6) is 1.30. The Morgan fingerprint density at radius 3 is 2.37 bits per heavy atom. The zero-order valence-corrected chi connectivity index (χ0v) is 20.1. The van der Waals surface area contributed by atoms with E-state index in [2.05, 4.69) is 15.2 Å². The molecule has 0 spiro atoms. The molecular weight excluding hydrogens is 440 g/mol. The molecule has 1 atom stereocenters. The minimum absolute atomic E-state index is 0.00869. The number of carbonyl (C=O) groups is 2. The number of ether oxygens (including phenoxy) is 1. The molecule has 1 N–H and O–H groups in total. The van der Waals surface area contributed by atoms with Crippen molar-refractivity contribution in [3.05, 3.63) is 84.6 Å². The SMILES string of the molecule is CCC(C(=O)Nc1ccc(N2CCCN(C(=O)COc3ccccc3)CC2)nc1)c1ccccc1. The van der Waals surface area contributed by atoms with E-state index in [1.807, 2.05) is 84.6 Å². The topological polar surface area (TPSA) is 74.8 Å². The Labute approximate surface area is 206 Å². The lowest BCUT2D eigenvalue weighted by molar-refractivity contribution is -0.133. The number of anilines is 2. The van der Waals surface area contributed by atoms with Crippen molar-refractivity contribution in [2.24, 2.45) is 0 Å². The average Bonchev–Trinajstić information content (AvgIpc) is 3.16. The highest BCUT2D eigenvalue weighted by Crippen LogP contribution is 2.22. The van der Waals surface area contributed by atoms with Gasteiger partial charge in [-0.1, -0.05) is 55.5 Å². The van der Waals surface area contributed by atoms with Crippen LogP contribution in [0.1, 0.15) is 31.2 Å². The average molecular weight is 473 g/mol. The lowest BCUT2D eigenvalue weighted by Crippen LogP contribution is -2.38. The van der Waals surface area contributed by atoms with Crippen LogP contribution in [0, 0.1) is 0 Å². The number of pyridine rings is 1. The Kier molecular flexibility index (Phi) is 8.33. The van der Waals surface area contributed by atoms with Crippen LogP contribution in [0.3, 0.4) is 0 Å². The van der Waals surface area contributed by atoms with Crippen LogP contribution in [0.5, 0.6) is 5.75 Å². The van der Waals surface area contributed by atoms with Crippen molar-refractivity contribution in [2.75, 3.05) is 43.0 Å². The molecule has 2 amide bonds. The normalized spacial score (nSPS) is 14.7. The first-order valence-corrected chi connectivity index (χ1v) is 12.2. The van der Waals surface area contributed by atoms with Crippen molar-refractivity contribution < 1.29 is 14.3 Å². The molecule has 1 unspecified atom stereocenters. The van der Waals surface area contributed by atoms with Gasteiger partial charge in [0.1, 0.15) is 11.6 Å². The first kappa shape index (κ1) is 24.3. The summed E-state index contributed by atoms with van der Waals surface area (Å²) in [7, 11) is 0. The monoisotopic (exact) mass is 472 g/mol. The molecule has 1 saturated heterocycles. The zero-order chi connectivity index (χ0) is 24.5. The van der Waals surface area contributed by atoms with E-state index in [0.29, 0.717) is 31.1 Å². The van der Waals surface area contributed by atoms with Crippen molar-refractivity contribution >= 4 is 23.3 Å². The number of nitrogens with one attached hydrogen (secondary N) is 1. The summed E-state index contributed by atoms with van der Waals surface area (Å²) in [6.07, 6.45) is 3.28. The van der Waals surface area contributed by atoms with Gasteiger partial charge < -0.3 is 19.9 Å². The fourth-order valence-electron chi connectivity index (χ4n) is 4.28. The quantitative estimate of drug-likeness (QED) is 0.528. The number of carbonyl (C=O) groups excluding carboxylic acids is 2. The van der Waals surface area contributed by atoms with Crippen molar-refractivity contribution in [1.29, 1.82) is 0 Å². The molecule has 0 radical (unpaired) electrons. The maximum Gasteiger partial charge on any atom is 0.260 e. The summed E-state index contributed by atoms with van der Waals surface area (Å²) in [4.78, 5) is 34.1. The second kappa shape index (κ2) is 12.0. The number of hydrogen-bond acceptors (Lipinski definition) is 5. The van der Waals surface area contributed by atoms with E-state index in [4.69, 9.17) is 4.74 Å². The first-order chi connectivity index (χ1) is 17.1. The van der Waals surface area contributed by atoms with Gasteiger partial charge in [-0.2, -0.15) is 0 Å². The number of aromatic nitrogens is 1. The van der Waals surface area contributed by atoms with Gasteiger partial charge >= 0.3 is 0 Å². The molecule has 1 fully saturated rings. The Morgan fingerprint density at radius 2 is 1.69 bits per heavy atom. The van der Waals surface area contributed by atoms with Crippen LogP contribution >= 0.6 is 0 Å². The number of amides is 2. The van der Waals surface area contributed by atoms with Gasteiger partial charge in [0.05, 0.1) is 17.8 Å². The summed E-state index contributed by atoms with van der Waals surface area (Å²) in [6.45, 7) is 4.87. The highest BCUT2D eigenvalue weighted by molar-refractivity contribution is 5.95. The second-order valence-electron chi connectivity index (χ2n) is 8.59. The minimum Gasteiger partial charge on any atom is -0.484 e. The summed E-state index contributed by atoms with van der Waals surface area (Å²) in [6, 6.07) is 23.0. The van der Waals surface area contributed by atoms with Crippen LogP contribution < -0.4 is 15.0 Å². The number of hydrogen-bond donors (Lipinski definition) is 1. The summed E-state index contributed by atoms with van der Waals surface area (Å²) >= 11 is 0. The Morgan fingerprint density at radius 1 is 0.943 bits per heavy atom. The Hall–Kier alpha value is -3.87. The number of benzene rings is 2. The van der Waals surface area contributed by atoms with Crippen molar-refractivity contribution in [1.82, 2.24) is 9.88 Å². The molecule has 1 aromatic heterocycles. The van der Waals surface area contributed by atoms with Gasteiger partial charge in [0.15, 0.2) is 6.61 Å². The molecule has 0 bridgehead atoms. The summed E-state index contributed by atoms with van der Waals surface area (Å²) in [5, 5.41) is 3.00. The van der Waals surface area contributed by atoms with Crippen molar-refractivity contribution in [2.45, 2.75) is 25.7 Å². The zero-order valence-electron chi connectivity index (χ0n) is 20.1. The van der Waals surface area contributed by atoms with Gasteiger partial charge in [-0.3, -0.25) is 9.59 Å². The summed E-state index contributed by atoms with van der Waals surface area (Å²) < 4.78 is 5.62. The fourth-order valence-corrected chi connectivity index (χ4v) is 4.28. The second-order valence-corrected chi connectivity index (χ2v) is 8.59. The highest BCUT2D eigenvalue weighted by Gasteiger charge is 2.21. The predicted molar refractivity (Wildman–Crippen MR) is 138 cm³/mol. The molecule has 0 saturated carbocycles. The molecule has 35 heavy (non-hydrogen) atoms. The highest BCUT2D eigenvalue weighted by atomic mass is 16.5. The molecule has 4 rings (SSSR count). The molecule has 3 aromatic rings. The summed E-state index contributed by atoms with van der Waals surface area (Å²) in [5.41, 5.74) is 1.69. The molecule has 7 heteroatoms. The maximum atomic E-state index is 12.8. The van der Waals surface area contributed by atoms with E-state index in [1.54, 1.807) is 6.20 Å². The maximum absolute atomic E-state index is 12.8. The standard InChI is InChI=1S/C28H32N4O3/c1-2-25(22-10-5-3-6-11-22)28(34)30-23-14-15-26(29-20-23)31-16-9-17-32(19-18-31)27(33)21-35-24-12-7-4-8-13-24/h3-8,10-15,20,25H,2,9,16-19,21H2,1H3,(H,30,34). The molecule has 2 aromatic carbocycles. The van der Waals surface area contributed by atoms with Crippen LogP contribution in [0.2, 0.25) is 0 Å². The number of nitrogens with zero attached hydrogens (tertiary/aromatic N) is 3. The van der Waals surface area contributed by atoms with E-state index in [1.165, 1.54) is 0 Å². The van der Waals surface area contributed by atoms with Crippen molar-refractivity contribution in [3.8, 4) is 5.75 Å². The van der Waals surface area contributed by atoms with Crippen LogP contribution in [-0.4, -0.2) is 54.5 Å². The Bertz CT molecular complexity index is 1090. The third-order valence-corrected chi connectivity index (χ3v) is 6.22. The van der Waals surface area contributed by atoms with Crippen LogP contribution in [0.4, 0.5) is 11.5 Å². The van der Waals surface area contributed by atoms with Gasteiger partial charge in [0.2, 0.25) is 5.91 Å². The predicted octanol–water partition coefficient (Wildman–Crippen LogP) is 4.33. The minimum atomic E-state index is -0.198. The van der Waals surface area contributed by atoms with Crippen LogP contribution in [0.25, 0.3) is 0 Å². The fraction of sp³-hybridized carbons (Fsp3) is 0.321. The number of para-hydroxylation sites is 1. The smallest absolute Gasteiger partial charge is 0.260 e. The lowest BCUT2D eigenvalue weighted by Gasteiger charge is -2.23. The number of rotatable bonds is 8. The van der Waals surface area contributed by atoms with Crippen molar-refractivity contribution in [3.63, 3.8) is 0 Å². The van der Waals surface area contributed by atoms with E-state index >= 15 is 0 Å². The van der Waals surface area contributed by atoms with E-state index < -0.39 is 0 Å². The molecule has 1 aliphatic heterocycles. The Balaban J connectivity index is 1.29. The van der Waals surface area contributed by atoms with Gasteiger partial charge in [-0.15, -0.1) is 0 Å². The molecule has 7 nitrogen and oxygen atoms in total. The molecule has 2 heterocycles. The molecule has 1 aliphatic rings. The molecule has 0 aliphatic carbocycles. The van der Waals surface area contributed by atoms with Crippen LogP contribution in [0.15, 0.2) is 79.0 Å². The van der Waals surface area contributed by atoms with Crippen LogP contribution in [-0.2, 0) is 9.59 Å². The lowest BCUT2D eigenvalue weighted by atomic mass is 9.95. The van der Waals surface area contributed by atoms with Gasteiger partial charge in [-0.05, 0) is 42.7 Å². The molecular formula is C28H32N4O3. The largest absolute Gasteiger partial charge is 0.484 e.